The van der Waals surface area contributed by atoms with E-state index in [2.05, 4.69) is 27.0 Å². The standard InChI is InChI=1S/C50H64FN13O8/c1-29(55-5)47(67)59-43(50(2,3)4)49(69)63-27-31-22-33(11-9-30(31)23-39(63)45(54)66)72-21-20-71-19-18-70-17-13-41(65)56-14-16-64-40(25-52)42-36-26-57-44(53)46(58-36)62-15-7-8-38(62)35-24-32(51)10-12-34(35)48(68)61(6)28-37(42)60-64/h9-12,22,24,26,29,38-39,43,55H,7-8,13-21,23,27-28H2,1-6H3,(H2,53,57)(H2,54,66)(H,56,65)(H,59,67)/t29-,38+,39-,43+/m0/s1. The highest BCUT2D eigenvalue weighted by Crippen LogP contribution is 2.41. The number of primary amides is 1. The summed E-state index contributed by atoms with van der Waals surface area (Å²) in [6.45, 7) is 9.28. The number of hydrogen-bond acceptors (Lipinski definition) is 15. The Morgan fingerprint density at radius 1 is 1.03 bits per heavy atom. The zero-order valence-corrected chi connectivity index (χ0v) is 41.6. The molecule has 2 bridgehead atoms. The third-order valence-corrected chi connectivity index (χ3v) is 13.2. The molecule has 0 saturated carbocycles. The summed E-state index contributed by atoms with van der Waals surface area (Å²) in [5.41, 5.74) is 15.4. The quantitative estimate of drug-likeness (QED) is 0.0896. The van der Waals surface area contributed by atoms with Crippen LogP contribution in [-0.2, 0) is 54.7 Å². The zero-order valence-electron chi connectivity index (χ0n) is 41.6. The van der Waals surface area contributed by atoms with Gasteiger partial charge in [-0.25, -0.2) is 14.4 Å². The van der Waals surface area contributed by atoms with Crippen molar-refractivity contribution < 1.29 is 42.6 Å². The molecule has 2 aromatic heterocycles. The molecule has 0 aliphatic carbocycles. The molecule has 3 aliphatic rings. The molecule has 7 N–H and O–H groups in total. The average Bonchev–Trinajstić information content (AvgIpc) is 3.98. The van der Waals surface area contributed by atoms with Gasteiger partial charge in [-0.3, -0.25) is 28.7 Å². The summed E-state index contributed by atoms with van der Waals surface area (Å²) in [6.07, 6.45) is 3.17. The van der Waals surface area contributed by atoms with Crippen molar-refractivity contribution in [1.29, 1.82) is 5.26 Å². The lowest BCUT2D eigenvalue weighted by Crippen LogP contribution is -2.61. The Bertz CT molecular complexity index is 2720. The molecule has 5 heterocycles. The second-order valence-corrected chi connectivity index (χ2v) is 19.2. The molecule has 0 unspecified atom stereocenters. The van der Waals surface area contributed by atoms with Crippen LogP contribution in [0.4, 0.5) is 16.0 Å². The van der Waals surface area contributed by atoms with Crippen LogP contribution in [0.5, 0.6) is 5.75 Å². The van der Waals surface area contributed by atoms with Crippen molar-refractivity contribution >= 4 is 41.2 Å². The maximum absolute atomic E-state index is 14.7. The summed E-state index contributed by atoms with van der Waals surface area (Å²) in [5.74, 6) is -1.36. The van der Waals surface area contributed by atoms with E-state index in [0.29, 0.717) is 52.6 Å². The number of ether oxygens (including phenoxy) is 3. The van der Waals surface area contributed by atoms with Crippen LogP contribution in [0.1, 0.15) is 91.4 Å². The molecule has 4 aromatic rings. The number of nitrogen functional groups attached to an aromatic ring is 1. The molecule has 3 aliphatic heterocycles. The summed E-state index contributed by atoms with van der Waals surface area (Å²) in [4.78, 5) is 80.4. The van der Waals surface area contributed by atoms with Crippen LogP contribution in [0.3, 0.4) is 0 Å². The molecular weight excluding hydrogens is 930 g/mol. The lowest BCUT2D eigenvalue weighted by molar-refractivity contribution is -0.146. The van der Waals surface area contributed by atoms with Gasteiger partial charge in [-0.05, 0) is 79.3 Å². The fourth-order valence-corrected chi connectivity index (χ4v) is 9.18. The van der Waals surface area contributed by atoms with Crippen LogP contribution in [0.15, 0.2) is 42.6 Å². The van der Waals surface area contributed by atoms with E-state index < -0.39 is 41.2 Å². The Kier molecular flexibility index (Phi) is 16.7. The van der Waals surface area contributed by atoms with E-state index in [-0.39, 0.29) is 107 Å². The maximum atomic E-state index is 14.7. The van der Waals surface area contributed by atoms with Gasteiger partial charge in [-0.1, -0.05) is 26.8 Å². The highest BCUT2D eigenvalue weighted by Gasteiger charge is 2.42. The predicted octanol–water partition coefficient (Wildman–Crippen LogP) is 2.36. The highest BCUT2D eigenvalue weighted by molar-refractivity contribution is 5.96. The van der Waals surface area contributed by atoms with Gasteiger partial charge in [-0.2, -0.15) is 10.4 Å². The summed E-state index contributed by atoms with van der Waals surface area (Å²) in [5, 5.41) is 23.8. The lowest BCUT2D eigenvalue weighted by atomic mass is 9.84. The number of likely N-dealkylation sites (N-methyl/N-ethyl adjacent to an activating group) is 1. The molecule has 384 valence electrons. The second-order valence-electron chi connectivity index (χ2n) is 19.2. The van der Waals surface area contributed by atoms with Gasteiger partial charge in [0, 0.05) is 45.1 Å². The molecule has 1 fully saturated rings. The van der Waals surface area contributed by atoms with Gasteiger partial charge >= 0.3 is 0 Å². The Hall–Kier alpha value is -7.22. The summed E-state index contributed by atoms with van der Waals surface area (Å²) >= 11 is 0. The van der Waals surface area contributed by atoms with Crippen molar-refractivity contribution in [2.24, 2.45) is 11.1 Å². The molecule has 21 nitrogen and oxygen atoms in total. The van der Waals surface area contributed by atoms with E-state index in [1.807, 2.05) is 37.8 Å². The van der Waals surface area contributed by atoms with E-state index in [1.54, 1.807) is 27.1 Å². The third kappa shape index (κ3) is 11.9. The number of fused-ring (bicyclic) bond motifs is 9. The second kappa shape index (κ2) is 22.9. The van der Waals surface area contributed by atoms with Crippen LogP contribution in [0, 0.1) is 22.6 Å². The maximum Gasteiger partial charge on any atom is 0.254 e. The normalized spacial score (nSPS) is 17.2. The number of halogens is 1. The smallest absolute Gasteiger partial charge is 0.254 e. The number of nitrogens with one attached hydrogen (secondary N) is 3. The van der Waals surface area contributed by atoms with Crippen LogP contribution in [0.2, 0.25) is 0 Å². The first-order valence-corrected chi connectivity index (χ1v) is 24.1. The first kappa shape index (κ1) is 52.6. The van der Waals surface area contributed by atoms with E-state index in [0.717, 1.165) is 17.5 Å². The summed E-state index contributed by atoms with van der Waals surface area (Å²) in [6, 6.07) is 9.14. The first-order valence-electron chi connectivity index (χ1n) is 24.1. The molecule has 0 radical (unpaired) electrons. The van der Waals surface area contributed by atoms with Crippen molar-refractivity contribution in [2.45, 2.75) is 97.2 Å². The fourth-order valence-electron chi connectivity index (χ4n) is 9.18. The topological polar surface area (TPSA) is 278 Å². The van der Waals surface area contributed by atoms with Gasteiger partial charge in [0.1, 0.15) is 42.0 Å². The van der Waals surface area contributed by atoms with Gasteiger partial charge < -0.3 is 56.3 Å². The van der Waals surface area contributed by atoms with Crippen molar-refractivity contribution in [2.75, 3.05) is 70.9 Å². The number of amides is 5. The van der Waals surface area contributed by atoms with Gasteiger partial charge in [0.15, 0.2) is 11.6 Å². The van der Waals surface area contributed by atoms with Gasteiger partial charge in [0.25, 0.3) is 5.91 Å². The van der Waals surface area contributed by atoms with Crippen LogP contribution < -0.4 is 37.1 Å². The molecule has 5 amide bonds. The molecule has 4 atom stereocenters. The Morgan fingerprint density at radius 2 is 1.78 bits per heavy atom. The minimum absolute atomic E-state index is 0.00231. The number of anilines is 2. The molecule has 72 heavy (non-hydrogen) atoms. The van der Waals surface area contributed by atoms with Crippen LogP contribution >= 0.6 is 0 Å². The largest absolute Gasteiger partial charge is 0.491 e. The van der Waals surface area contributed by atoms with E-state index >= 15 is 0 Å². The van der Waals surface area contributed by atoms with E-state index in [1.165, 1.54) is 38.9 Å². The number of nitrogens with two attached hydrogens (primary N) is 2. The van der Waals surface area contributed by atoms with Crippen LogP contribution in [0.25, 0.3) is 11.3 Å². The number of benzene rings is 2. The lowest BCUT2D eigenvalue weighted by Gasteiger charge is -2.40. The number of carbonyl (C=O) groups excluding carboxylic acids is 5. The number of nitriles is 1. The Morgan fingerprint density at radius 3 is 2.50 bits per heavy atom. The van der Waals surface area contributed by atoms with Crippen molar-refractivity contribution in [1.82, 2.24) is 45.5 Å². The number of nitrogens with zero attached hydrogens (tertiary/aromatic N) is 8. The zero-order chi connectivity index (χ0) is 51.9. The predicted molar refractivity (Wildman–Crippen MR) is 262 cm³/mol. The minimum Gasteiger partial charge on any atom is -0.491 e. The molecular formula is C50H64FN13O8. The van der Waals surface area contributed by atoms with Crippen molar-refractivity contribution in [3.8, 4) is 23.1 Å². The Balaban J connectivity index is 0.868. The first-order chi connectivity index (χ1) is 34.4. The molecule has 22 heteroatoms. The fraction of sp³-hybridized carbons (Fsp3) is 0.500. The van der Waals surface area contributed by atoms with E-state index in [9.17, 15) is 33.6 Å². The number of aromatic nitrogens is 4. The summed E-state index contributed by atoms with van der Waals surface area (Å²) < 4.78 is 33.4. The SMILES string of the molecule is CN[C@@H](C)C(=O)N[C@H](C(=O)N1Cc2cc(OCCOCCOCCC(=O)NCCn3nc4c(c3C#N)-c3cnc(N)c(n3)N3CCC[C@@H]3c3cc(F)ccc3C(=O)N(C)C4)ccc2C[C@H]1C(N)=O)C(C)(C)C. The summed E-state index contributed by atoms with van der Waals surface area (Å²) in [7, 11) is 3.28. The minimum atomic E-state index is -0.908. The molecule has 1 saturated heterocycles. The van der Waals surface area contributed by atoms with Crippen molar-refractivity contribution in [3.05, 3.63) is 82.1 Å². The molecule has 0 spiro atoms. The average molecular weight is 994 g/mol. The monoisotopic (exact) mass is 993 g/mol. The number of carbonyl (C=O) groups is 5. The Labute approximate surface area is 417 Å². The van der Waals surface area contributed by atoms with Crippen molar-refractivity contribution in [3.63, 3.8) is 0 Å². The highest BCUT2D eigenvalue weighted by atomic mass is 19.1. The van der Waals surface area contributed by atoms with Gasteiger partial charge in [-0.15, -0.1) is 0 Å². The molecule has 2 aromatic carbocycles. The van der Waals surface area contributed by atoms with Gasteiger partial charge in [0.2, 0.25) is 23.6 Å². The number of rotatable bonds is 18. The van der Waals surface area contributed by atoms with Gasteiger partial charge in [0.05, 0.1) is 74.7 Å². The number of hydrogen-bond donors (Lipinski definition) is 5. The molecule has 7 rings (SSSR count). The van der Waals surface area contributed by atoms with E-state index in [4.69, 9.17) is 35.8 Å². The van der Waals surface area contributed by atoms with Crippen LogP contribution in [-0.4, -0.2) is 137 Å². The third-order valence-electron chi connectivity index (χ3n) is 13.2.